The minimum Gasteiger partial charge on any atom is -0.461 e. The number of para-hydroxylation sites is 1. The number of hydrogen-bond donors (Lipinski definition) is 2. The van der Waals surface area contributed by atoms with Gasteiger partial charge in [-0.25, -0.2) is 9.48 Å². The van der Waals surface area contributed by atoms with Crippen LogP contribution in [0.1, 0.15) is 23.7 Å². The Morgan fingerprint density at radius 2 is 1.94 bits per heavy atom. The van der Waals surface area contributed by atoms with Gasteiger partial charge in [-0.15, -0.1) is 0 Å². The van der Waals surface area contributed by atoms with E-state index in [9.17, 15) is 4.79 Å². The molecule has 1 aliphatic rings. The maximum absolute atomic E-state index is 12.5. The summed E-state index contributed by atoms with van der Waals surface area (Å²) in [6.45, 7) is 3.87. The van der Waals surface area contributed by atoms with Gasteiger partial charge in [-0.1, -0.05) is 18.2 Å². The quantitative estimate of drug-likeness (QED) is 0.634. The van der Waals surface area contributed by atoms with E-state index in [1.54, 1.807) is 41.9 Å². The van der Waals surface area contributed by atoms with Crippen molar-refractivity contribution in [3.8, 4) is 11.8 Å². The van der Waals surface area contributed by atoms with Gasteiger partial charge in [-0.2, -0.15) is 15.4 Å². The van der Waals surface area contributed by atoms with E-state index in [2.05, 4.69) is 21.8 Å². The molecule has 0 saturated carbocycles. The molecule has 1 aromatic heterocycles. The van der Waals surface area contributed by atoms with Crippen molar-refractivity contribution in [2.45, 2.75) is 13.8 Å². The Bertz CT molecular complexity index is 1220. The Kier molecular flexibility index (Phi) is 5.49. The van der Waals surface area contributed by atoms with Gasteiger partial charge in [0, 0.05) is 11.3 Å². The molecule has 0 unspecified atom stereocenters. The van der Waals surface area contributed by atoms with Crippen molar-refractivity contribution in [1.29, 1.82) is 5.26 Å². The van der Waals surface area contributed by atoms with Crippen LogP contribution in [0.5, 0.6) is 0 Å². The lowest BCUT2D eigenvalue weighted by Gasteiger charge is -2.13. The summed E-state index contributed by atoms with van der Waals surface area (Å²) in [5.74, 6) is 0.419. The van der Waals surface area contributed by atoms with Gasteiger partial charge < -0.3 is 15.4 Å². The van der Waals surface area contributed by atoms with Gasteiger partial charge in [0.2, 0.25) is 5.96 Å². The zero-order valence-corrected chi connectivity index (χ0v) is 17.1. The molecule has 154 valence electrons. The lowest BCUT2D eigenvalue weighted by atomic mass is 10.2. The van der Waals surface area contributed by atoms with Crippen LogP contribution in [0.3, 0.4) is 0 Å². The van der Waals surface area contributed by atoms with Gasteiger partial charge in [-0.05, 0) is 56.3 Å². The first-order chi connectivity index (χ1) is 15.1. The third kappa shape index (κ3) is 4.16. The van der Waals surface area contributed by atoms with Gasteiger partial charge in [0.05, 0.1) is 29.6 Å². The summed E-state index contributed by atoms with van der Waals surface area (Å²) in [5.41, 5.74) is 3.80. The number of carbonyl (C=O) groups is 1. The van der Waals surface area contributed by atoms with Crippen molar-refractivity contribution < 1.29 is 9.53 Å². The number of aryl methyl sites for hydroxylation is 1. The zero-order valence-electron chi connectivity index (χ0n) is 17.1. The van der Waals surface area contributed by atoms with E-state index in [0.717, 1.165) is 16.9 Å². The fraction of sp³-hybridized carbons (Fsp3) is 0.130. The number of guanidine groups is 1. The van der Waals surface area contributed by atoms with Gasteiger partial charge in [0.25, 0.3) is 0 Å². The fourth-order valence-electron chi connectivity index (χ4n) is 3.14. The van der Waals surface area contributed by atoms with Crippen molar-refractivity contribution in [3.63, 3.8) is 0 Å². The Hall–Kier alpha value is -4.38. The highest BCUT2D eigenvalue weighted by Gasteiger charge is 2.23. The van der Waals surface area contributed by atoms with Crippen LogP contribution in [-0.4, -0.2) is 28.3 Å². The molecule has 8 nitrogen and oxygen atoms in total. The molecule has 4 rings (SSSR count). The number of nitriles is 1. The number of aliphatic imine (C=N–C) groups is 1. The SMILES string of the molecule is CCOC(=O)C1=Cc2c(C)nn(-c3ccccc3)c2N=C(Nc2ccc(C#N)cc2)N1. The number of ether oxygens (including phenoxy) is 1. The molecule has 31 heavy (non-hydrogen) atoms. The third-order valence-corrected chi connectivity index (χ3v) is 4.61. The van der Waals surface area contributed by atoms with Crippen LogP contribution in [-0.2, 0) is 9.53 Å². The summed E-state index contributed by atoms with van der Waals surface area (Å²) in [4.78, 5) is 17.3. The molecule has 0 bridgehead atoms. The van der Waals surface area contributed by atoms with Crippen LogP contribution in [0.25, 0.3) is 11.8 Å². The standard InChI is InChI=1S/C23H20N6O2/c1-3-31-22(30)20-13-19-15(2)28-29(18-7-5-4-6-8-18)21(19)27-23(26-20)25-17-11-9-16(14-24)10-12-17/h4-13H,3H2,1-2H3,(H2,25,26,27). The van der Waals surface area contributed by atoms with Gasteiger partial charge >= 0.3 is 5.97 Å². The Labute approximate surface area is 179 Å². The summed E-state index contributed by atoms with van der Waals surface area (Å²) in [6, 6.07) is 18.7. The molecule has 2 heterocycles. The predicted octanol–water partition coefficient (Wildman–Crippen LogP) is 3.66. The first-order valence-electron chi connectivity index (χ1n) is 9.76. The number of anilines is 1. The number of aromatic nitrogens is 2. The number of nitrogens with one attached hydrogen (secondary N) is 2. The number of hydrogen-bond acceptors (Lipinski definition) is 7. The van der Waals surface area contributed by atoms with Crippen molar-refractivity contribution in [3.05, 3.63) is 77.1 Å². The molecule has 2 N–H and O–H groups in total. The minimum atomic E-state index is -0.489. The summed E-state index contributed by atoms with van der Waals surface area (Å²) in [7, 11) is 0. The Morgan fingerprint density at radius 1 is 1.19 bits per heavy atom. The van der Waals surface area contributed by atoms with Crippen molar-refractivity contribution in [1.82, 2.24) is 15.1 Å². The summed E-state index contributed by atoms with van der Waals surface area (Å²) < 4.78 is 6.93. The van der Waals surface area contributed by atoms with E-state index < -0.39 is 5.97 Å². The maximum Gasteiger partial charge on any atom is 0.354 e. The molecule has 1 aliphatic heterocycles. The van der Waals surface area contributed by atoms with Gasteiger partial charge in [0.1, 0.15) is 5.70 Å². The predicted molar refractivity (Wildman–Crippen MR) is 118 cm³/mol. The molecule has 0 amide bonds. The van der Waals surface area contributed by atoms with Gasteiger partial charge in [-0.3, -0.25) is 0 Å². The first-order valence-corrected chi connectivity index (χ1v) is 9.76. The average Bonchev–Trinajstić information content (AvgIpc) is 2.97. The molecule has 8 heteroatoms. The van der Waals surface area contributed by atoms with Crippen LogP contribution in [0, 0.1) is 18.3 Å². The minimum absolute atomic E-state index is 0.246. The fourth-order valence-corrected chi connectivity index (χ4v) is 3.14. The van der Waals surface area contributed by atoms with E-state index in [1.807, 2.05) is 37.3 Å². The second-order valence-electron chi connectivity index (χ2n) is 6.75. The number of carbonyl (C=O) groups excluding carboxylic acids is 1. The largest absolute Gasteiger partial charge is 0.461 e. The first kappa shape index (κ1) is 19.9. The highest BCUT2D eigenvalue weighted by atomic mass is 16.5. The lowest BCUT2D eigenvalue weighted by molar-refractivity contribution is -0.138. The molecule has 0 saturated heterocycles. The van der Waals surface area contributed by atoms with Crippen LogP contribution in [0.2, 0.25) is 0 Å². The Balaban J connectivity index is 1.81. The van der Waals surface area contributed by atoms with Gasteiger partial charge in [0.15, 0.2) is 5.82 Å². The zero-order chi connectivity index (χ0) is 21.8. The van der Waals surface area contributed by atoms with E-state index >= 15 is 0 Å². The van der Waals surface area contributed by atoms with Crippen LogP contribution < -0.4 is 10.6 Å². The molecule has 2 aromatic carbocycles. The Morgan fingerprint density at radius 3 is 2.61 bits per heavy atom. The molecule has 0 fully saturated rings. The number of fused-ring (bicyclic) bond motifs is 1. The second-order valence-corrected chi connectivity index (χ2v) is 6.75. The number of benzene rings is 2. The molecule has 0 atom stereocenters. The maximum atomic E-state index is 12.5. The number of nitrogens with zero attached hydrogens (tertiary/aromatic N) is 4. The monoisotopic (exact) mass is 412 g/mol. The van der Waals surface area contributed by atoms with E-state index in [4.69, 9.17) is 15.0 Å². The normalized spacial score (nSPS) is 12.4. The van der Waals surface area contributed by atoms with Crippen molar-refractivity contribution in [2.75, 3.05) is 11.9 Å². The molecular weight excluding hydrogens is 392 g/mol. The number of rotatable bonds is 4. The topological polar surface area (TPSA) is 104 Å². The lowest BCUT2D eigenvalue weighted by Crippen LogP contribution is -2.33. The average molecular weight is 412 g/mol. The highest BCUT2D eigenvalue weighted by Crippen LogP contribution is 2.30. The van der Waals surface area contributed by atoms with Crippen LogP contribution in [0.15, 0.2) is 65.3 Å². The van der Waals surface area contributed by atoms with Crippen molar-refractivity contribution >= 4 is 29.5 Å². The third-order valence-electron chi connectivity index (χ3n) is 4.61. The summed E-state index contributed by atoms with van der Waals surface area (Å²) in [6.07, 6.45) is 1.70. The number of esters is 1. The van der Waals surface area contributed by atoms with E-state index in [0.29, 0.717) is 23.0 Å². The van der Waals surface area contributed by atoms with E-state index in [-0.39, 0.29) is 12.3 Å². The molecule has 0 spiro atoms. The summed E-state index contributed by atoms with van der Waals surface area (Å²) in [5, 5.41) is 19.8. The smallest absolute Gasteiger partial charge is 0.354 e. The molecule has 0 radical (unpaired) electrons. The van der Waals surface area contributed by atoms with Crippen LogP contribution in [0.4, 0.5) is 11.5 Å². The molecule has 3 aromatic rings. The van der Waals surface area contributed by atoms with Crippen LogP contribution >= 0.6 is 0 Å². The van der Waals surface area contributed by atoms with Crippen molar-refractivity contribution in [2.24, 2.45) is 4.99 Å². The highest BCUT2D eigenvalue weighted by molar-refractivity contribution is 6.05. The van der Waals surface area contributed by atoms with E-state index in [1.165, 1.54) is 0 Å². The molecule has 0 aliphatic carbocycles. The second kappa shape index (κ2) is 8.55. The molecular formula is C23H20N6O2. The summed E-state index contributed by atoms with van der Waals surface area (Å²) >= 11 is 0.